The van der Waals surface area contributed by atoms with E-state index in [0.717, 1.165) is 34.4 Å². The fraction of sp³-hybridized carbons (Fsp3) is 0.167. The van der Waals surface area contributed by atoms with Gasteiger partial charge in [-0.25, -0.2) is 4.98 Å². The molecule has 120 valence electrons. The summed E-state index contributed by atoms with van der Waals surface area (Å²) in [5.74, 6) is 0.500. The first kappa shape index (κ1) is 14.4. The molecule has 3 heterocycles. The molecule has 3 N–H and O–H groups in total. The fourth-order valence-corrected chi connectivity index (χ4v) is 2.87. The summed E-state index contributed by atoms with van der Waals surface area (Å²) in [5, 5.41) is 8.84. The molecule has 0 radical (unpaired) electrons. The number of benzene rings is 1. The van der Waals surface area contributed by atoms with E-state index >= 15 is 0 Å². The predicted molar refractivity (Wildman–Crippen MR) is 98.0 cm³/mol. The predicted octanol–water partition coefficient (Wildman–Crippen LogP) is 2.63. The van der Waals surface area contributed by atoms with Crippen LogP contribution in [0.3, 0.4) is 0 Å². The van der Waals surface area contributed by atoms with Crippen LogP contribution in [0.15, 0.2) is 47.6 Å². The Morgan fingerprint density at radius 2 is 2.17 bits per heavy atom. The number of hydrogen-bond donors (Lipinski definition) is 2. The van der Waals surface area contributed by atoms with Gasteiger partial charge >= 0.3 is 0 Å². The Kier molecular flexibility index (Phi) is 3.49. The third-order valence-corrected chi connectivity index (χ3v) is 4.07. The molecule has 0 unspecified atom stereocenters. The van der Waals surface area contributed by atoms with E-state index in [-0.39, 0.29) is 0 Å². The third-order valence-electron chi connectivity index (χ3n) is 4.07. The standard InChI is InChI=1S/C18H18N6/c1-24-7-5-14(23-24)11-21-16-9-18(19)22-17-8-12(2-3-15(16)17)13-4-6-20-10-13/h2-9H,10-11H2,1H3,(H3,19,21,22). The van der Waals surface area contributed by atoms with Crippen LogP contribution in [0.1, 0.15) is 11.3 Å². The summed E-state index contributed by atoms with van der Waals surface area (Å²) in [6.07, 6.45) is 5.81. The Hall–Kier alpha value is -3.15. The van der Waals surface area contributed by atoms with Crippen molar-refractivity contribution in [1.82, 2.24) is 14.8 Å². The smallest absolute Gasteiger partial charge is 0.126 e. The van der Waals surface area contributed by atoms with Crippen LogP contribution in [0.4, 0.5) is 11.5 Å². The topological polar surface area (TPSA) is 81.1 Å². The Morgan fingerprint density at radius 3 is 2.92 bits per heavy atom. The zero-order valence-electron chi connectivity index (χ0n) is 13.4. The van der Waals surface area contributed by atoms with Gasteiger partial charge in [-0.15, -0.1) is 0 Å². The molecule has 3 aromatic rings. The zero-order chi connectivity index (χ0) is 16.5. The molecule has 0 saturated heterocycles. The summed E-state index contributed by atoms with van der Waals surface area (Å²) in [5.41, 5.74) is 11.1. The van der Waals surface area contributed by atoms with E-state index < -0.39 is 0 Å². The monoisotopic (exact) mass is 318 g/mol. The van der Waals surface area contributed by atoms with Crippen LogP contribution in [0.5, 0.6) is 0 Å². The normalized spacial score (nSPS) is 13.5. The largest absolute Gasteiger partial charge is 0.384 e. The SMILES string of the molecule is Cn1ccc(CNc2cc(N)nc3cc(C4=CC=NC4)ccc23)n1. The number of fused-ring (bicyclic) bond motifs is 1. The average Bonchev–Trinajstić information content (AvgIpc) is 3.23. The number of hydrogen-bond acceptors (Lipinski definition) is 5. The molecule has 0 atom stereocenters. The molecule has 0 fully saturated rings. The maximum absolute atomic E-state index is 5.99. The molecule has 0 amide bonds. The molecule has 6 heteroatoms. The Labute approximate surface area is 139 Å². The van der Waals surface area contributed by atoms with Crippen molar-refractivity contribution in [2.75, 3.05) is 17.6 Å². The second-order valence-corrected chi connectivity index (χ2v) is 5.84. The van der Waals surface area contributed by atoms with Crippen molar-refractivity contribution < 1.29 is 0 Å². The van der Waals surface area contributed by atoms with Gasteiger partial charge in [-0.3, -0.25) is 9.67 Å². The van der Waals surface area contributed by atoms with Crippen molar-refractivity contribution >= 4 is 34.2 Å². The van der Waals surface area contributed by atoms with Gasteiger partial charge in [0.05, 0.1) is 24.3 Å². The maximum atomic E-state index is 5.99. The second kappa shape index (κ2) is 5.81. The van der Waals surface area contributed by atoms with Crippen molar-refractivity contribution in [3.8, 4) is 0 Å². The van der Waals surface area contributed by atoms with Crippen LogP contribution in [-0.2, 0) is 13.6 Å². The zero-order valence-corrected chi connectivity index (χ0v) is 13.4. The van der Waals surface area contributed by atoms with E-state index in [1.807, 2.05) is 37.7 Å². The number of aryl methyl sites for hydroxylation is 1. The van der Waals surface area contributed by atoms with Crippen molar-refractivity contribution in [3.63, 3.8) is 0 Å². The highest BCUT2D eigenvalue weighted by molar-refractivity contribution is 5.96. The number of rotatable bonds is 4. The molecule has 0 bridgehead atoms. The minimum atomic E-state index is 0.500. The number of nitrogen functional groups attached to an aromatic ring is 1. The molecule has 0 saturated carbocycles. The Bertz CT molecular complexity index is 967. The minimum Gasteiger partial charge on any atom is -0.384 e. The molecular formula is C18H18N6. The van der Waals surface area contributed by atoms with E-state index in [1.54, 1.807) is 4.68 Å². The number of aromatic nitrogens is 3. The summed E-state index contributed by atoms with van der Waals surface area (Å²) in [4.78, 5) is 8.71. The van der Waals surface area contributed by atoms with Gasteiger partial charge in [-0.2, -0.15) is 5.10 Å². The lowest BCUT2D eigenvalue weighted by Crippen LogP contribution is -2.03. The summed E-state index contributed by atoms with van der Waals surface area (Å²) in [7, 11) is 1.91. The van der Waals surface area contributed by atoms with Crippen LogP contribution in [0.25, 0.3) is 16.5 Å². The Morgan fingerprint density at radius 1 is 1.25 bits per heavy atom. The summed E-state index contributed by atoms with van der Waals surface area (Å²) >= 11 is 0. The Balaban J connectivity index is 1.67. The lowest BCUT2D eigenvalue weighted by Gasteiger charge is -2.11. The molecular weight excluding hydrogens is 300 g/mol. The van der Waals surface area contributed by atoms with Crippen molar-refractivity contribution in [2.45, 2.75) is 6.54 Å². The van der Waals surface area contributed by atoms with Gasteiger partial charge in [-0.1, -0.05) is 12.1 Å². The van der Waals surface area contributed by atoms with Crippen molar-refractivity contribution in [2.24, 2.45) is 12.0 Å². The van der Waals surface area contributed by atoms with Gasteiger partial charge in [0, 0.05) is 36.6 Å². The number of aliphatic imine (C=N–C) groups is 1. The van der Waals surface area contributed by atoms with Gasteiger partial charge in [0.1, 0.15) is 5.82 Å². The molecule has 4 rings (SSSR count). The number of allylic oxidation sites excluding steroid dienone is 1. The molecule has 1 aromatic carbocycles. The maximum Gasteiger partial charge on any atom is 0.126 e. The quantitative estimate of drug-likeness (QED) is 0.775. The van der Waals surface area contributed by atoms with Crippen LogP contribution in [-0.4, -0.2) is 27.5 Å². The van der Waals surface area contributed by atoms with Crippen molar-refractivity contribution in [3.05, 3.63) is 53.9 Å². The van der Waals surface area contributed by atoms with E-state index in [4.69, 9.17) is 5.73 Å². The van der Waals surface area contributed by atoms with Crippen molar-refractivity contribution in [1.29, 1.82) is 0 Å². The first-order chi connectivity index (χ1) is 11.7. The van der Waals surface area contributed by atoms with Crippen LogP contribution >= 0.6 is 0 Å². The summed E-state index contributed by atoms with van der Waals surface area (Å²) in [6, 6.07) is 10.1. The first-order valence-corrected chi connectivity index (χ1v) is 7.81. The average molecular weight is 318 g/mol. The molecule has 0 spiro atoms. The molecule has 24 heavy (non-hydrogen) atoms. The van der Waals surface area contributed by atoms with Crippen LogP contribution in [0, 0.1) is 0 Å². The highest BCUT2D eigenvalue weighted by Crippen LogP contribution is 2.28. The van der Waals surface area contributed by atoms with Crippen LogP contribution in [0.2, 0.25) is 0 Å². The molecule has 1 aliphatic rings. The highest BCUT2D eigenvalue weighted by atomic mass is 15.3. The highest BCUT2D eigenvalue weighted by Gasteiger charge is 2.09. The van der Waals surface area contributed by atoms with Gasteiger partial charge in [0.15, 0.2) is 0 Å². The number of pyridine rings is 1. The van der Waals surface area contributed by atoms with Gasteiger partial charge < -0.3 is 11.1 Å². The van der Waals surface area contributed by atoms with E-state index in [2.05, 4.69) is 38.6 Å². The molecule has 0 aliphatic carbocycles. The fourth-order valence-electron chi connectivity index (χ4n) is 2.87. The van der Waals surface area contributed by atoms with Gasteiger partial charge in [-0.05, 0) is 29.3 Å². The molecule has 1 aliphatic heterocycles. The van der Waals surface area contributed by atoms with Gasteiger partial charge in [0.2, 0.25) is 0 Å². The lowest BCUT2D eigenvalue weighted by molar-refractivity contribution is 0.747. The minimum absolute atomic E-state index is 0.500. The summed E-state index contributed by atoms with van der Waals surface area (Å²) < 4.78 is 1.79. The molecule has 2 aromatic heterocycles. The van der Waals surface area contributed by atoms with E-state index in [1.165, 1.54) is 5.57 Å². The van der Waals surface area contributed by atoms with E-state index in [9.17, 15) is 0 Å². The second-order valence-electron chi connectivity index (χ2n) is 5.84. The van der Waals surface area contributed by atoms with Crippen LogP contribution < -0.4 is 11.1 Å². The van der Waals surface area contributed by atoms with Gasteiger partial charge in [0.25, 0.3) is 0 Å². The number of nitrogens with two attached hydrogens (primary N) is 1. The number of nitrogens with zero attached hydrogens (tertiary/aromatic N) is 4. The third kappa shape index (κ3) is 2.74. The van der Waals surface area contributed by atoms with E-state index in [0.29, 0.717) is 12.4 Å². The first-order valence-electron chi connectivity index (χ1n) is 7.81. The number of nitrogens with one attached hydrogen (secondary N) is 1. The number of anilines is 2. The molecule has 6 nitrogen and oxygen atoms in total. The summed E-state index contributed by atoms with van der Waals surface area (Å²) in [6.45, 7) is 1.36. The lowest BCUT2D eigenvalue weighted by atomic mass is 10.0.